The van der Waals surface area contributed by atoms with E-state index in [0.717, 1.165) is 6.42 Å². The van der Waals surface area contributed by atoms with Crippen LogP contribution < -0.4 is 14.6 Å². The first-order chi connectivity index (χ1) is 10.1. The molecule has 1 amide bonds. The van der Waals surface area contributed by atoms with Crippen molar-refractivity contribution in [1.29, 1.82) is 0 Å². The van der Waals surface area contributed by atoms with Crippen molar-refractivity contribution in [2.45, 2.75) is 19.9 Å². The Morgan fingerprint density at radius 1 is 1.29 bits per heavy atom. The average Bonchev–Trinajstić information content (AvgIpc) is 2.48. The number of amides is 1. The van der Waals surface area contributed by atoms with Crippen LogP contribution in [0.5, 0.6) is 5.75 Å². The minimum absolute atomic E-state index is 0.134. The molecule has 0 saturated carbocycles. The van der Waals surface area contributed by atoms with Gasteiger partial charge in [0, 0.05) is 17.2 Å². The molecule has 0 spiro atoms. The number of ether oxygens (including phenoxy) is 1. The zero-order valence-corrected chi connectivity index (χ0v) is 12.9. The number of halogens is 1. The molecule has 110 valence electrons. The van der Waals surface area contributed by atoms with Crippen molar-refractivity contribution in [3.05, 3.63) is 53.3 Å². The van der Waals surface area contributed by atoms with Crippen LogP contribution in [0.25, 0.3) is 0 Å². The van der Waals surface area contributed by atoms with E-state index < -0.39 is 0 Å². The molecule has 0 fully saturated rings. The summed E-state index contributed by atoms with van der Waals surface area (Å²) in [6.07, 6.45) is 4.77. The number of rotatable bonds is 5. The predicted molar refractivity (Wildman–Crippen MR) is 82.6 cm³/mol. The van der Waals surface area contributed by atoms with Gasteiger partial charge in [0.05, 0.1) is 12.8 Å². The number of carbonyl (C=O) groups excluding carboxylic acids is 1. The molecule has 0 atom stereocenters. The number of anilines is 1. The van der Waals surface area contributed by atoms with Crippen LogP contribution in [0.3, 0.4) is 0 Å². The number of hydrogen-bond donors (Lipinski definition) is 1. The Kier molecular flexibility index (Phi) is 5.17. The predicted octanol–water partition coefficient (Wildman–Crippen LogP) is 2.84. The lowest BCUT2D eigenvalue weighted by Crippen LogP contribution is -2.39. The highest BCUT2D eigenvalue weighted by Crippen LogP contribution is 2.27. The zero-order valence-electron chi connectivity index (χ0n) is 12.1. The number of methoxy groups -OCH3 is 1. The Labute approximate surface area is 129 Å². The molecule has 2 rings (SSSR count). The van der Waals surface area contributed by atoms with Gasteiger partial charge in [0.25, 0.3) is 5.91 Å². The van der Waals surface area contributed by atoms with Gasteiger partial charge in [0.2, 0.25) is 6.54 Å². The fourth-order valence-corrected chi connectivity index (χ4v) is 2.13. The first-order valence-corrected chi connectivity index (χ1v) is 7.11. The fourth-order valence-electron chi connectivity index (χ4n) is 1.96. The van der Waals surface area contributed by atoms with Crippen LogP contribution in [0.15, 0.2) is 42.7 Å². The number of hydrogen-bond acceptors (Lipinski definition) is 2. The number of benzene rings is 1. The Morgan fingerprint density at radius 3 is 2.62 bits per heavy atom. The summed E-state index contributed by atoms with van der Waals surface area (Å²) in [6.45, 7) is 2.33. The zero-order chi connectivity index (χ0) is 15.2. The number of aromatic nitrogens is 1. The lowest BCUT2D eigenvalue weighted by molar-refractivity contribution is -0.684. The number of nitrogens with zero attached hydrogens (tertiary/aromatic N) is 1. The third-order valence-corrected chi connectivity index (χ3v) is 3.37. The first kappa shape index (κ1) is 15.3. The minimum atomic E-state index is -0.134. The van der Waals surface area contributed by atoms with Crippen molar-refractivity contribution in [1.82, 2.24) is 0 Å². The van der Waals surface area contributed by atoms with E-state index in [1.807, 2.05) is 29.1 Å². The van der Waals surface area contributed by atoms with Crippen LogP contribution in [0.1, 0.15) is 12.5 Å². The van der Waals surface area contributed by atoms with Crippen molar-refractivity contribution in [2.75, 3.05) is 12.4 Å². The van der Waals surface area contributed by atoms with Crippen LogP contribution in [-0.2, 0) is 17.8 Å². The Bertz CT molecular complexity index is 627. The number of pyridine rings is 1. The van der Waals surface area contributed by atoms with E-state index in [-0.39, 0.29) is 12.5 Å². The van der Waals surface area contributed by atoms with Crippen molar-refractivity contribution in [3.63, 3.8) is 0 Å². The maximum Gasteiger partial charge on any atom is 0.290 e. The van der Waals surface area contributed by atoms with E-state index in [0.29, 0.717) is 16.5 Å². The molecule has 4 nitrogen and oxygen atoms in total. The fraction of sp³-hybridized carbons (Fsp3) is 0.250. The van der Waals surface area contributed by atoms with Gasteiger partial charge in [0.15, 0.2) is 12.4 Å². The summed E-state index contributed by atoms with van der Waals surface area (Å²) in [5.74, 6) is 0.448. The molecule has 1 aromatic heterocycles. The molecule has 1 heterocycles. The van der Waals surface area contributed by atoms with Crippen LogP contribution >= 0.6 is 11.6 Å². The topological polar surface area (TPSA) is 42.2 Å². The van der Waals surface area contributed by atoms with E-state index in [1.165, 1.54) is 5.56 Å². The number of nitrogens with one attached hydrogen (secondary N) is 1. The van der Waals surface area contributed by atoms with Crippen molar-refractivity contribution in [3.8, 4) is 5.75 Å². The summed E-state index contributed by atoms with van der Waals surface area (Å²) >= 11 is 5.94. The quantitative estimate of drug-likeness (QED) is 0.863. The van der Waals surface area contributed by atoms with Gasteiger partial charge >= 0.3 is 0 Å². The van der Waals surface area contributed by atoms with Crippen LogP contribution in [-0.4, -0.2) is 13.0 Å². The van der Waals surface area contributed by atoms with E-state index in [1.54, 1.807) is 25.3 Å². The van der Waals surface area contributed by atoms with Crippen molar-refractivity contribution >= 4 is 23.2 Å². The third kappa shape index (κ3) is 4.20. The minimum Gasteiger partial charge on any atom is -0.495 e. The molecular formula is C16H18ClN2O2+. The molecule has 21 heavy (non-hydrogen) atoms. The van der Waals surface area contributed by atoms with Gasteiger partial charge in [-0.25, -0.2) is 0 Å². The van der Waals surface area contributed by atoms with Gasteiger partial charge in [-0.1, -0.05) is 18.5 Å². The second-order valence-corrected chi connectivity index (χ2v) is 5.06. The smallest absolute Gasteiger partial charge is 0.290 e. The Hall–Kier alpha value is -2.07. The van der Waals surface area contributed by atoms with Crippen molar-refractivity contribution in [2.24, 2.45) is 0 Å². The molecule has 0 saturated heterocycles. The monoisotopic (exact) mass is 305 g/mol. The van der Waals surface area contributed by atoms with E-state index >= 15 is 0 Å². The van der Waals surface area contributed by atoms with Gasteiger partial charge in [-0.2, -0.15) is 4.57 Å². The first-order valence-electron chi connectivity index (χ1n) is 6.73. The number of aryl methyl sites for hydroxylation is 1. The van der Waals surface area contributed by atoms with Gasteiger partial charge < -0.3 is 10.1 Å². The highest BCUT2D eigenvalue weighted by Gasteiger charge is 2.12. The van der Waals surface area contributed by atoms with E-state index in [4.69, 9.17) is 16.3 Å². The van der Waals surface area contributed by atoms with Crippen LogP contribution in [0.2, 0.25) is 5.02 Å². The summed E-state index contributed by atoms with van der Waals surface area (Å²) < 4.78 is 7.03. The van der Waals surface area contributed by atoms with E-state index in [2.05, 4.69) is 12.2 Å². The molecule has 0 unspecified atom stereocenters. The second-order valence-electron chi connectivity index (χ2n) is 4.63. The SMILES string of the molecule is CCc1cc[n+](CC(=O)Nc2cc(Cl)ccc2OC)cc1. The summed E-state index contributed by atoms with van der Waals surface area (Å²) in [5.41, 5.74) is 1.81. The van der Waals surface area contributed by atoms with Gasteiger partial charge in [-0.15, -0.1) is 0 Å². The summed E-state index contributed by atoms with van der Waals surface area (Å²) in [4.78, 5) is 12.1. The summed E-state index contributed by atoms with van der Waals surface area (Å²) in [5, 5.41) is 3.36. The molecule has 0 aliphatic rings. The van der Waals surface area contributed by atoms with E-state index in [9.17, 15) is 4.79 Å². The average molecular weight is 306 g/mol. The van der Waals surface area contributed by atoms with Crippen LogP contribution in [0.4, 0.5) is 5.69 Å². The standard InChI is InChI=1S/C16H17ClN2O2/c1-3-12-6-8-19(9-7-12)11-16(20)18-14-10-13(17)4-5-15(14)21-2/h4-10H,3,11H2,1-2H3/p+1. The Balaban J connectivity index is 2.05. The molecule has 1 N–H and O–H groups in total. The van der Waals surface area contributed by atoms with Gasteiger partial charge in [-0.3, -0.25) is 4.79 Å². The van der Waals surface area contributed by atoms with Gasteiger partial charge in [-0.05, 0) is 30.2 Å². The molecule has 0 radical (unpaired) electrons. The lowest BCUT2D eigenvalue weighted by atomic mass is 10.2. The highest BCUT2D eigenvalue weighted by atomic mass is 35.5. The normalized spacial score (nSPS) is 10.2. The lowest BCUT2D eigenvalue weighted by Gasteiger charge is -2.09. The van der Waals surface area contributed by atoms with Gasteiger partial charge in [0.1, 0.15) is 5.75 Å². The molecule has 2 aromatic rings. The summed E-state index contributed by atoms with van der Waals surface area (Å²) in [6, 6.07) is 9.12. The maximum atomic E-state index is 12.1. The van der Waals surface area contributed by atoms with Crippen LogP contribution in [0, 0.1) is 0 Å². The van der Waals surface area contributed by atoms with Crippen molar-refractivity contribution < 1.29 is 14.1 Å². The maximum absolute atomic E-state index is 12.1. The molecule has 5 heteroatoms. The molecule has 0 aliphatic carbocycles. The summed E-state index contributed by atoms with van der Waals surface area (Å²) in [7, 11) is 1.55. The molecule has 1 aromatic carbocycles. The second kappa shape index (κ2) is 7.09. The molecule has 0 aliphatic heterocycles. The number of carbonyl (C=O) groups is 1. The largest absolute Gasteiger partial charge is 0.495 e. The molecule has 0 bridgehead atoms. The molecular weight excluding hydrogens is 288 g/mol. The highest BCUT2D eigenvalue weighted by molar-refractivity contribution is 6.31. The Morgan fingerprint density at radius 2 is 2.00 bits per heavy atom. The third-order valence-electron chi connectivity index (χ3n) is 3.13.